The van der Waals surface area contributed by atoms with Gasteiger partial charge in [-0.1, -0.05) is 13.8 Å². The zero-order valence-electron chi connectivity index (χ0n) is 11.9. The number of hydrogen-bond acceptors (Lipinski definition) is 3. The molecule has 0 spiro atoms. The standard InChI is InChI=1S/C14H21FN2O2S/c1-12(2)11-16-7-9-17(10-8-16)20(18,19)14-5-3-13(15)4-6-14/h3-6,12H,7-11H2,1-2H3. The van der Waals surface area contributed by atoms with E-state index in [1.54, 1.807) is 0 Å². The minimum absolute atomic E-state index is 0.163. The van der Waals surface area contributed by atoms with Gasteiger partial charge in [0.15, 0.2) is 0 Å². The minimum Gasteiger partial charge on any atom is -0.300 e. The lowest BCUT2D eigenvalue weighted by molar-refractivity contribution is 0.172. The highest BCUT2D eigenvalue weighted by molar-refractivity contribution is 7.89. The molecule has 1 heterocycles. The molecule has 0 aliphatic carbocycles. The van der Waals surface area contributed by atoms with Crippen LogP contribution in [0.5, 0.6) is 0 Å². The third kappa shape index (κ3) is 3.56. The van der Waals surface area contributed by atoms with E-state index in [0.29, 0.717) is 19.0 Å². The fourth-order valence-corrected chi connectivity index (χ4v) is 3.85. The molecular weight excluding hydrogens is 279 g/mol. The lowest BCUT2D eigenvalue weighted by Gasteiger charge is -2.34. The van der Waals surface area contributed by atoms with E-state index < -0.39 is 15.8 Å². The molecule has 0 aromatic heterocycles. The molecule has 1 saturated heterocycles. The van der Waals surface area contributed by atoms with Crippen LogP contribution in [0.25, 0.3) is 0 Å². The molecule has 112 valence electrons. The van der Waals surface area contributed by atoms with Crippen molar-refractivity contribution in [3.8, 4) is 0 Å². The predicted molar refractivity (Wildman–Crippen MR) is 76.4 cm³/mol. The summed E-state index contributed by atoms with van der Waals surface area (Å²) in [5.74, 6) is 0.154. The average Bonchev–Trinajstić information content (AvgIpc) is 2.39. The summed E-state index contributed by atoms with van der Waals surface area (Å²) < 4.78 is 39.2. The first-order valence-electron chi connectivity index (χ1n) is 6.87. The second-order valence-electron chi connectivity index (χ2n) is 5.55. The Labute approximate surface area is 120 Å². The second kappa shape index (κ2) is 6.20. The van der Waals surface area contributed by atoms with E-state index in [1.807, 2.05) is 0 Å². The zero-order chi connectivity index (χ0) is 14.8. The summed E-state index contributed by atoms with van der Waals surface area (Å²) in [7, 11) is -3.49. The van der Waals surface area contributed by atoms with Crippen LogP contribution in [0.4, 0.5) is 4.39 Å². The number of hydrogen-bond donors (Lipinski definition) is 0. The SMILES string of the molecule is CC(C)CN1CCN(S(=O)(=O)c2ccc(F)cc2)CC1. The first kappa shape index (κ1) is 15.4. The van der Waals surface area contributed by atoms with Gasteiger partial charge in [-0.15, -0.1) is 0 Å². The monoisotopic (exact) mass is 300 g/mol. The van der Waals surface area contributed by atoms with E-state index in [1.165, 1.54) is 28.6 Å². The molecule has 0 bridgehead atoms. The summed E-state index contributed by atoms with van der Waals surface area (Å²) in [5.41, 5.74) is 0. The van der Waals surface area contributed by atoms with E-state index in [0.717, 1.165) is 19.6 Å². The zero-order valence-corrected chi connectivity index (χ0v) is 12.7. The largest absolute Gasteiger partial charge is 0.300 e. The van der Waals surface area contributed by atoms with Crippen molar-refractivity contribution in [1.82, 2.24) is 9.21 Å². The molecule has 1 aliphatic heterocycles. The van der Waals surface area contributed by atoms with Gasteiger partial charge in [0, 0.05) is 32.7 Å². The highest BCUT2D eigenvalue weighted by Gasteiger charge is 2.28. The van der Waals surface area contributed by atoms with Crippen molar-refractivity contribution < 1.29 is 12.8 Å². The molecule has 1 fully saturated rings. The van der Waals surface area contributed by atoms with Gasteiger partial charge in [0.05, 0.1) is 4.90 Å². The summed E-state index contributed by atoms with van der Waals surface area (Å²) in [4.78, 5) is 2.44. The van der Waals surface area contributed by atoms with Crippen LogP contribution < -0.4 is 0 Å². The van der Waals surface area contributed by atoms with Gasteiger partial charge in [-0.3, -0.25) is 0 Å². The number of nitrogens with zero attached hydrogens (tertiary/aromatic N) is 2. The molecule has 0 amide bonds. The Hall–Kier alpha value is -0.980. The molecule has 6 heteroatoms. The predicted octanol–water partition coefficient (Wildman–Crippen LogP) is 1.79. The molecule has 1 aromatic rings. The van der Waals surface area contributed by atoms with Crippen molar-refractivity contribution >= 4 is 10.0 Å². The number of benzene rings is 1. The second-order valence-corrected chi connectivity index (χ2v) is 7.49. The molecule has 4 nitrogen and oxygen atoms in total. The van der Waals surface area contributed by atoms with Gasteiger partial charge in [-0.05, 0) is 30.2 Å². The number of sulfonamides is 1. The van der Waals surface area contributed by atoms with E-state index in [-0.39, 0.29) is 4.90 Å². The van der Waals surface area contributed by atoms with Crippen LogP contribution in [0, 0.1) is 11.7 Å². The van der Waals surface area contributed by atoms with Crippen molar-refractivity contribution in [3.05, 3.63) is 30.1 Å². The van der Waals surface area contributed by atoms with Gasteiger partial charge in [-0.25, -0.2) is 12.8 Å². The van der Waals surface area contributed by atoms with E-state index in [9.17, 15) is 12.8 Å². The summed E-state index contributed by atoms with van der Waals surface area (Å²) in [5, 5.41) is 0. The summed E-state index contributed by atoms with van der Waals surface area (Å²) >= 11 is 0. The van der Waals surface area contributed by atoms with Crippen LogP contribution >= 0.6 is 0 Å². The van der Waals surface area contributed by atoms with Crippen molar-refractivity contribution in [3.63, 3.8) is 0 Å². The van der Waals surface area contributed by atoms with E-state index in [2.05, 4.69) is 18.7 Å². The van der Waals surface area contributed by atoms with Gasteiger partial charge in [0.1, 0.15) is 5.82 Å². The quantitative estimate of drug-likeness (QED) is 0.851. The molecule has 20 heavy (non-hydrogen) atoms. The van der Waals surface area contributed by atoms with Gasteiger partial charge in [-0.2, -0.15) is 4.31 Å². The molecule has 0 unspecified atom stereocenters. The maximum Gasteiger partial charge on any atom is 0.243 e. The molecule has 0 radical (unpaired) electrons. The lowest BCUT2D eigenvalue weighted by atomic mass is 10.2. The van der Waals surface area contributed by atoms with Crippen LogP contribution in [0.1, 0.15) is 13.8 Å². The minimum atomic E-state index is -3.49. The van der Waals surface area contributed by atoms with Crippen LogP contribution in [0.2, 0.25) is 0 Å². The van der Waals surface area contributed by atoms with Crippen LogP contribution in [0.15, 0.2) is 29.2 Å². The van der Waals surface area contributed by atoms with Gasteiger partial charge >= 0.3 is 0 Å². The smallest absolute Gasteiger partial charge is 0.243 e. The van der Waals surface area contributed by atoms with Crippen LogP contribution in [-0.2, 0) is 10.0 Å². The van der Waals surface area contributed by atoms with Crippen molar-refractivity contribution in [1.29, 1.82) is 0 Å². The number of halogens is 1. The molecule has 0 atom stereocenters. The highest BCUT2D eigenvalue weighted by atomic mass is 32.2. The fraction of sp³-hybridized carbons (Fsp3) is 0.571. The first-order chi connectivity index (χ1) is 9.39. The number of piperazine rings is 1. The number of rotatable bonds is 4. The Morgan fingerprint density at radius 3 is 2.15 bits per heavy atom. The van der Waals surface area contributed by atoms with Gasteiger partial charge in [0.2, 0.25) is 10.0 Å². The molecule has 2 rings (SSSR count). The fourth-order valence-electron chi connectivity index (χ4n) is 2.42. The van der Waals surface area contributed by atoms with Crippen molar-refractivity contribution in [2.45, 2.75) is 18.7 Å². The lowest BCUT2D eigenvalue weighted by Crippen LogP contribution is -2.49. The molecular formula is C14H21FN2O2S. The Kier molecular flexibility index (Phi) is 4.78. The Morgan fingerprint density at radius 1 is 1.10 bits per heavy atom. The molecule has 0 saturated carbocycles. The molecule has 1 aromatic carbocycles. The van der Waals surface area contributed by atoms with E-state index in [4.69, 9.17) is 0 Å². The van der Waals surface area contributed by atoms with Crippen molar-refractivity contribution in [2.75, 3.05) is 32.7 Å². The summed E-state index contributed by atoms with van der Waals surface area (Å²) in [6.45, 7) is 7.78. The highest BCUT2D eigenvalue weighted by Crippen LogP contribution is 2.18. The Bertz CT molecular complexity index is 535. The third-order valence-electron chi connectivity index (χ3n) is 3.41. The topological polar surface area (TPSA) is 40.6 Å². The van der Waals surface area contributed by atoms with Crippen LogP contribution in [0.3, 0.4) is 0 Å². The maximum absolute atomic E-state index is 12.9. The Balaban J connectivity index is 2.04. The molecule has 0 N–H and O–H groups in total. The average molecular weight is 300 g/mol. The van der Waals surface area contributed by atoms with Gasteiger partial charge in [0.25, 0.3) is 0 Å². The Morgan fingerprint density at radius 2 is 1.65 bits per heavy atom. The maximum atomic E-state index is 12.9. The molecule has 1 aliphatic rings. The summed E-state index contributed by atoms with van der Waals surface area (Å²) in [6, 6.07) is 5.01. The van der Waals surface area contributed by atoms with E-state index >= 15 is 0 Å². The van der Waals surface area contributed by atoms with Crippen molar-refractivity contribution in [2.24, 2.45) is 5.92 Å². The van der Waals surface area contributed by atoms with Gasteiger partial charge < -0.3 is 4.90 Å². The van der Waals surface area contributed by atoms with Crippen LogP contribution in [-0.4, -0.2) is 50.3 Å². The normalized spacial score (nSPS) is 18.6. The first-order valence-corrected chi connectivity index (χ1v) is 8.31. The summed E-state index contributed by atoms with van der Waals surface area (Å²) in [6.07, 6.45) is 0. The third-order valence-corrected chi connectivity index (χ3v) is 5.32.